The van der Waals surface area contributed by atoms with Crippen molar-refractivity contribution in [2.45, 2.75) is 39.0 Å². The van der Waals surface area contributed by atoms with Gasteiger partial charge in [0.1, 0.15) is 10.7 Å². The van der Waals surface area contributed by atoms with Gasteiger partial charge >= 0.3 is 0 Å². The fourth-order valence-electron chi connectivity index (χ4n) is 0.928. The molecular formula is C9H16N2O2S. The number of hydrogen-bond acceptors (Lipinski definition) is 5. The Labute approximate surface area is 87.6 Å². The van der Waals surface area contributed by atoms with Crippen molar-refractivity contribution in [1.82, 2.24) is 4.98 Å². The summed E-state index contributed by atoms with van der Waals surface area (Å²) in [5.74, 6) is 0. The maximum absolute atomic E-state index is 9.02. The highest BCUT2D eigenvalue weighted by atomic mass is 32.1. The Hall–Kier alpha value is -0.650. The van der Waals surface area contributed by atoms with E-state index < -0.39 is 6.29 Å². The van der Waals surface area contributed by atoms with Crippen molar-refractivity contribution in [2.75, 3.05) is 5.32 Å². The number of aromatic nitrogens is 1. The van der Waals surface area contributed by atoms with Gasteiger partial charge in [0.25, 0.3) is 0 Å². The van der Waals surface area contributed by atoms with Gasteiger partial charge in [-0.1, -0.05) is 6.92 Å². The molecule has 0 unspecified atom stereocenters. The number of nitrogens with zero attached hydrogens (tertiary/aromatic N) is 1. The van der Waals surface area contributed by atoms with Crippen LogP contribution in [0.15, 0.2) is 5.51 Å². The smallest absolute Gasteiger partial charge is 0.199 e. The lowest BCUT2D eigenvalue weighted by molar-refractivity contribution is -0.0448. The van der Waals surface area contributed by atoms with Crippen LogP contribution in [0.1, 0.15) is 39.2 Å². The molecule has 0 atom stereocenters. The van der Waals surface area contributed by atoms with E-state index in [2.05, 4.69) is 31.1 Å². The van der Waals surface area contributed by atoms with Crippen LogP contribution in [0.25, 0.3) is 0 Å². The molecule has 14 heavy (non-hydrogen) atoms. The van der Waals surface area contributed by atoms with Crippen LogP contribution in [-0.4, -0.2) is 20.7 Å². The van der Waals surface area contributed by atoms with Gasteiger partial charge in [0.15, 0.2) is 6.29 Å². The van der Waals surface area contributed by atoms with Crippen LogP contribution in [0.5, 0.6) is 0 Å². The highest BCUT2D eigenvalue weighted by molar-refractivity contribution is 7.14. The molecule has 0 aliphatic rings. The Kier molecular flexibility index (Phi) is 3.47. The molecule has 0 aromatic carbocycles. The molecule has 1 aromatic rings. The lowest BCUT2D eigenvalue weighted by Crippen LogP contribution is -2.29. The maximum atomic E-state index is 9.02. The van der Waals surface area contributed by atoms with Crippen molar-refractivity contribution >= 4 is 16.3 Å². The average molecular weight is 216 g/mol. The Bertz CT molecular complexity index is 297. The van der Waals surface area contributed by atoms with Gasteiger partial charge in [0, 0.05) is 5.54 Å². The molecule has 0 amide bonds. The predicted molar refractivity (Wildman–Crippen MR) is 57.3 cm³/mol. The third kappa shape index (κ3) is 2.67. The van der Waals surface area contributed by atoms with Gasteiger partial charge in [-0.15, -0.1) is 11.3 Å². The van der Waals surface area contributed by atoms with Crippen molar-refractivity contribution in [3.05, 3.63) is 11.2 Å². The lowest BCUT2D eigenvalue weighted by Gasteiger charge is -2.25. The molecule has 3 N–H and O–H groups in total. The number of nitrogens with one attached hydrogen (secondary N) is 1. The monoisotopic (exact) mass is 216 g/mol. The van der Waals surface area contributed by atoms with E-state index in [0.717, 1.165) is 11.4 Å². The van der Waals surface area contributed by atoms with Crippen molar-refractivity contribution in [2.24, 2.45) is 0 Å². The third-order valence-electron chi connectivity index (χ3n) is 2.18. The molecule has 1 rings (SSSR count). The first kappa shape index (κ1) is 11.4. The number of anilines is 1. The van der Waals surface area contributed by atoms with Crippen molar-refractivity contribution in [1.29, 1.82) is 0 Å². The molecule has 1 heterocycles. The van der Waals surface area contributed by atoms with Gasteiger partial charge in [-0.2, -0.15) is 0 Å². The summed E-state index contributed by atoms with van der Waals surface area (Å²) >= 11 is 1.38. The number of aliphatic hydroxyl groups excluding tert-OH is 1. The van der Waals surface area contributed by atoms with Gasteiger partial charge in [0.2, 0.25) is 0 Å². The number of rotatable bonds is 4. The molecule has 0 spiro atoms. The molecule has 0 radical (unpaired) electrons. The third-order valence-corrected chi connectivity index (χ3v) is 2.93. The second-order valence-corrected chi connectivity index (χ2v) is 4.66. The number of hydrogen-bond donors (Lipinski definition) is 3. The van der Waals surface area contributed by atoms with Crippen LogP contribution in [0.3, 0.4) is 0 Å². The SMILES string of the molecule is CCC(C)(C)Nc1scnc1C(O)O. The van der Waals surface area contributed by atoms with Gasteiger partial charge < -0.3 is 15.5 Å². The maximum Gasteiger partial charge on any atom is 0.199 e. The Balaban J connectivity index is 2.81. The standard InChI is InChI=1S/C9H16N2O2S/c1-4-9(2,3)11-7-6(8(12)13)10-5-14-7/h5,8,11-13H,4H2,1-3H3. The zero-order chi connectivity index (χ0) is 10.8. The van der Waals surface area contributed by atoms with Gasteiger partial charge in [-0.05, 0) is 20.3 Å². The molecule has 5 heteroatoms. The summed E-state index contributed by atoms with van der Waals surface area (Å²) in [6.07, 6.45) is -0.553. The Morgan fingerprint density at radius 3 is 2.71 bits per heavy atom. The van der Waals surface area contributed by atoms with E-state index in [1.54, 1.807) is 5.51 Å². The van der Waals surface area contributed by atoms with E-state index in [4.69, 9.17) is 10.2 Å². The number of thiazole rings is 1. The fourth-order valence-corrected chi connectivity index (χ4v) is 1.81. The number of aliphatic hydroxyl groups is 2. The van der Waals surface area contributed by atoms with E-state index >= 15 is 0 Å². The summed E-state index contributed by atoms with van der Waals surface area (Å²) in [5, 5.41) is 22.0. The van der Waals surface area contributed by atoms with Gasteiger partial charge in [-0.25, -0.2) is 4.98 Å². The molecule has 0 saturated heterocycles. The van der Waals surface area contributed by atoms with E-state index in [1.165, 1.54) is 11.3 Å². The van der Waals surface area contributed by atoms with Crippen LogP contribution >= 0.6 is 11.3 Å². The molecule has 0 fully saturated rings. The Morgan fingerprint density at radius 1 is 1.57 bits per heavy atom. The second-order valence-electron chi connectivity index (χ2n) is 3.80. The summed E-state index contributed by atoms with van der Waals surface area (Å²) in [6, 6.07) is 0. The normalized spacial score (nSPS) is 12.1. The lowest BCUT2D eigenvalue weighted by atomic mass is 10.0. The van der Waals surface area contributed by atoms with E-state index in [1.807, 2.05) is 0 Å². The highest BCUT2D eigenvalue weighted by Crippen LogP contribution is 2.28. The van der Waals surface area contributed by atoms with Gasteiger partial charge in [-0.3, -0.25) is 0 Å². The first-order chi connectivity index (χ1) is 6.46. The summed E-state index contributed by atoms with van der Waals surface area (Å²) in [4.78, 5) is 3.89. The van der Waals surface area contributed by atoms with Crippen molar-refractivity contribution in [3.8, 4) is 0 Å². The largest absolute Gasteiger partial charge is 0.370 e. The van der Waals surface area contributed by atoms with E-state index in [9.17, 15) is 0 Å². The Morgan fingerprint density at radius 2 is 2.21 bits per heavy atom. The molecule has 0 aliphatic carbocycles. The van der Waals surface area contributed by atoms with E-state index in [0.29, 0.717) is 5.69 Å². The molecule has 0 saturated carbocycles. The minimum atomic E-state index is -1.50. The van der Waals surface area contributed by atoms with Crippen LogP contribution in [-0.2, 0) is 0 Å². The first-order valence-corrected chi connectivity index (χ1v) is 5.42. The zero-order valence-corrected chi connectivity index (χ0v) is 9.43. The van der Waals surface area contributed by atoms with Crippen LogP contribution in [0.2, 0.25) is 0 Å². The minimum Gasteiger partial charge on any atom is -0.370 e. The summed E-state index contributed by atoms with van der Waals surface area (Å²) < 4.78 is 0. The highest BCUT2D eigenvalue weighted by Gasteiger charge is 2.20. The summed E-state index contributed by atoms with van der Waals surface area (Å²) in [6.45, 7) is 6.18. The topological polar surface area (TPSA) is 65.4 Å². The van der Waals surface area contributed by atoms with Gasteiger partial charge in [0.05, 0.1) is 5.51 Å². The van der Waals surface area contributed by atoms with Crippen LogP contribution < -0.4 is 5.32 Å². The minimum absolute atomic E-state index is 0.0594. The van der Waals surface area contributed by atoms with E-state index in [-0.39, 0.29) is 5.54 Å². The molecule has 80 valence electrons. The van der Waals surface area contributed by atoms with Crippen LogP contribution in [0.4, 0.5) is 5.00 Å². The quantitative estimate of drug-likeness (QED) is 0.671. The summed E-state index contributed by atoms with van der Waals surface area (Å²) in [7, 11) is 0. The molecule has 4 nitrogen and oxygen atoms in total. The predicted octanol–water partition coefficient (Wildman–Crippen LogP) is 1.73. The van der Waals surface area contributed by atoms with Crippen LogP contribution in [0, 0.1) is 0 Å². The molecular weight excluding hydrogens is 200 g/mol. The molecule has 1 aromatic heterocycles. The average Bonchev–Trinajstić information content (AvgIpc) is 2.51. The summed E-state index contributed by atoms with van der Waals surface area (Å²) in [5.41, 5.74) is 1.84. The fraction of sp³-hybridized carbons (Fsp3) is 0.667. The van der Waals surface area contributed by atoms with Crippen molar-refractivity contribution in [3.63, 3.8) is 0 Å². The molecule has 0 aliphatic heterocycles. The second kappa shape index (κ2) is 4.25. The first-order valence-electron chi connectivity index (χ1n) is 4.54. The zero-order valence-electron chi connectivity index (χ0n) is 8.61. The van der Waals surface area contributed by atoms with Crippen molar-refractivity contribution < 1.29 is 10.2 Å². The molecule has 0 bridgehead atoms.